The summed E-state index contributed by atoms with van der Waals surface area (Å²) in [6.07, 6.45) is -4.56. The Morgan fingerprint density at radius 3 is 2.29 bits per heavy atom. The Balaban J connectivity index is 2.00. The Hall–Kier alpha value is -2.58. The molecule has 0 spiro atoms. The van der Waals surface area contributed by atoms with E-state index >= 15 is 0 Å². The van der Waals surface area contributed by atoms with Crippen LogP contribution in [0.5, 0.6) is 0 Å². The van der Waals surface area contributed by atoms with Gasteiger partial charge in [-0.1, -0.05) is 66.7 Å². The molecule has 5 atom stereocenters. The van der Waals surface area contributed by atoms with Gasteiger partial charge in [-0.25, -0.2) is 0 Å². The van der Waals surface area contributed by atoms with Crippen molar-refractivity contribution in [2.45, 2.75) is 43.9 Å². The Kier molecular flexibility index (Phi) is 7.48. The minimum Gasteiger partial charge on any atom is -0.394 e. The monoisotopic (exact) mass is 464 g/mol. The second kappa shape index (κ2) is 10.4. The molecule has 1 saturated heterocycles. The Morgan fingerprint density at radius 1 is 1.03 bits per heavy atom. The van der Waals surface area contributed by atoms with Crippen molar-refractivity contribution in [1.82, 2.24) is 0 Å². The van der Waals surface area contributed by atoms with Crippen molar-refractivity contribution < 1.29 is 29.9 Å². The number of aliphatic hydroxyl groups is 4. The van der Waals surface area contributed by atoms with Crippen LogP contribution >= 0.6 is 0 Å². The van der Waals surface area contributed by atoms with E-state index in [0.717, 1.165) is 22.3 Å². The fraction of sp³-hybridized carbons (Fsp3) is 0.357. The highest BCUT2D eigenvalue weighted by atomic mass is 16.5. The molecule has 1 aliphatic heterocycles. The lowest BCUT2D eigenvalue weighted by atomic mass is 9.74. The first-order chi connectivity index (χ1) is 16.4. The zero-order valence-corrected chi connectivity index (χ0v) is 19.5. The number of benzene rings is 3. The van der Waals surface area contributed by atoms with Crippen molar-refractivity contribution in [3.8, 4) is 11.1 Å². The third kappa shape index (κ3) is 4.41. The van der Waals surface area contributed by atoms with Crippen LogP contribution in [0.4, 0.5) is 0 Å². The van der Waals surface area contributed by atoms with E-state index in [-0.39, 0.29) is 6.61 Å². The number of aryl methyl sites for hydroxylation is 1. The summed E-state index contributed by atoms with van der Waals surface area (Å²) < 4.78 is 11.8. The van der Waals surface area contributed by atoms with Crippen molar-refractivity contribution in [2.75, 3.05) is 19.8 Å². The van der Waals surface area contributed by atoms with E-state index in [9.17, 15) is 20.4 Å². The predicted octanol–water partition coefficient (Wildman–Crippen LogP) is 3.09. The number of aliphatic hydroxyl groups excluding tert-OH is 3. The average Bonchev–Trinajstić information content (AvgIpc) is 2.87. The van der Waals surface area contributed by atoms with Crippen LogP contribution in [0.25, 0.3) is 11.1 Å². The lowest BCUT2D eigenvalue weighted by Crippen LogP contribution is -2.62. The first-order valence-electron chi connectivity index (χ1n) is 11.6. The first kappa shape index (κ1) is 24.5. The minimum absolute atomic E-state index is 0.186. The molecule has 5 unspecified atom stereocenters. The van der Waals surface area contributed by atoms with Crippen LogP contribution in [0.2, 0.25) is 0 Å². The normalized spacial score (nSPS) is 25.8. The van der Waals surface area contributed by atoms with E-state index in [1.165, 1.54) is 0 Å². The third-order valence-corrected chi connectivity index (χ3v) is 6.57. The quantitative estimate of drug-likeness (QED) is 0.429. The molecule has 4 N–H and O–H groups in total. The highest BCUT2D eigenvalue weighted by Gasteiger charge is 2.53. The Bertz CT molecular complexity index is 1080. The van der Waals surface area contributed by atoms with Crippen molar-refractivity contribution in [3.63, 3.8) is 0 Å². The highest BCUT2D eigenvalue weighted by Crippen LogP contribution is 2.44. The van der Waals surface area contributed by atoms with E-state index in [1.54, 1.807) is 0 Å². The van der Waals surface area contributed by atoms with Gasteiger partial charge < -0.3 is 29.9 Å². The summed E-state index contributed by atoms with van der Waals surface area (Å²) in [5, 5.41) is 43.6. The van der Waals surface area contributed by atoms with Gasteiger partial charge in [0, 0.05) is 6.61 Å². The molecule has 0 aliphatic carbocycles. The molecule has 3 aromatic rings. The molecule has 6 nitrogen and oxygen atoms in total. The van der Waals surface area contributed by atoms with Crippen molar-refractivity contribution >= 4 is 0 Å². The SMILES string of the molecule is CCOC(c1ccccc1)c1cc(C)c(-c2ccccc2)cc1C1(O)C(CO)OCC(O)C1O. The van der Waals surface area contributed by atoms with Gasteiger partial charge in [0.1, 0.15) is 30.0 Å². The van der Waals surface area contributed by atoms with Crippen molar-refractivity contribution in [3.05, 3.63) is 95.1 Å². The van der Waals surface area contributed by atoms with Crippen LogP contribution in [-0.2, 0) is 15.1 Å². The third-order valence-electron chi connectivity index (χ3n) is 6.57. The maximum Gasteiger partial charge on any atom is 0.147 e. The summed E-state index contributed by atoms with van der Waals surface area (Å²) in [5.74, 6) is 0. The molecule has 180 valence electrons. The topological polar surface area (TPSA) is 99.4 Å². The molecule has 1 fully saturated rings. The second-order valence-electron chi connectivity index (χ2n) is 8.71. The zero-order valence-electron chi connectivity index (χ0n) is 19.5. The number of hydrogen-bond donors (Lipinski definition) is 4. The van der Waals surface area contributed by atoms with Crippen LogP contribution in [0.3, 0.4) is 0 Å². The summed E-state index contributed by atoms with van der Waals surface area (Å²) in [5.41, 5.74) is 2.57. The van der Waals surface area contributed by atoms with Gasteiger partial charge in [0.05, 0.1) is 13.2 Å². The lowest BCUT2D eigenvalue weighted by Gasteiger charge is -2.46. The standard InChI is InChI=1S/C28H32O6/c1-3-33-26(20-12-8-5-9-13-20)22-14-18(2)21(19-10-6-4-7-11-19)15-23(22)28(32)25(16-29)34-17-24(30)27(28)31/h4-15,24-27,29-32H,3,16-17H2,1-2H3. The van der Waals surface area contributed by atoms with Crippen LogP contribution in [-0.4, -0.2) is 58.6 Å². The zero-order chi connectivity index (χ0) is 24.3. The van der Waals surface area contributed by atoms with Crippen LogP contribution in [0, 0.1) is 6.92 Å². The Morgan fingerprint density at radius 2 is 1.68 bits per heavy atom. The first-order valence-corrected chi connectivity index (χ1v) is 11.6. The van der Waals surface area contributed by atoms with Gasteiger partial charge in [-0.2, -0.15) is 0 Å². The van der Waals surface area contributed by atoms with E-state index in [4.69, 9.17) is 9.47 Å². The molecule has 34 heavy (non-hydrogen) atoms. The lowest BCUT2D eigenvalue weighted by molar-refractivity contribution is -0.255. The van der Waals surface area contributed by atoms with Gasteiger partial charge in [-0.15, -0.1) is 0 Å². The molecule has 1 heterocycles. The van der Waals surface area contributed by atoms with Crippen molar-refractivity contribution in [2.24, 2.45) is 0 Å². The molecule has 0 saturated carbocycles. The average molecular weight is 465 g/mol. The van der Waals surface area contributed by atoms with Gasteiger partial charge in [0.25, 0.3) is 0 Å². The van der Waals surface area contributed by atoms with E-state index in [0.29, 0.717) is 17.7 Å². The van der Waals surface area contributed by atoms with E-state index in [2.05, 4.69) is 0 Å². The van der Waals surface area contributed by atoms with E-state index < -0.39 is 36.6 Å². The minimum atomic E-state index is -2.07. The highest BCUT2D eigenvalue weighted by molar-refractivity contribution is 5.70. The molecular weight excluding hydrogens is 432 g/mol. The molecule has 1 aliphatic rings. The molecule has 0 radical (unpaired) electrons. The van der Waals surface area contributed by atoms with Gasteiger partial charge in [-0.05, 0) is 53.3 Å². The summed E-state index contributed by atoms with van der Waals surface area (Å²) in [7, 11) is 0. The van der Waals surface area contributed by atoms with Crippen molar-refractivity contribution in [1.29, 1.82) is 0 Å². The summed E-state index contributed by atoms with van der Waals surface area (Å²) >= 11 is 0. The molecule has 0 bridgehead atoms. The van der Waals surface area contributed by atoms with Gasteiger partial charge in [0.15, 0.2) is 0 Å². The number of hydrogen-bond acceptors (Lipinski definition) is 6. The maximum absolute atomic E-state index is 12.0. The van der Waals surface area contributed by atoms with Gasteiger partial charge in [-0.3, -0.25) is 0 Å². The molecular formula is C28H32O6. The smallest absolute Gasteiger partial charge is 0.147 e. The second-order valence-corrected chi connectivity index (χ2v) is 8.71. The number of rotatable bonds is 7. The predicted molar refractivity (Wildman–Crippen MR) is 129 cm³/mol. The van der Waals surface area contributed by atoms with Crippen LogP contribution in [0.1, 0.15) is 35.3 Å². The molecule has 0 amide bonds. The molecule has 0 aromatic heterocycles. The summed E-state index contributed by atoms with van der Waals surface area (Å²) in [4.78, 5) is 0. The number of ether oxygens (including phenoxy) is 2. The summed E-state index contributed by atoms with van der Waals surface area (Å²) in [6.45, 7) is 3.59. The molecule has 6 heteroatoms. The summed E-state index contributed by atoms with van der Waals surface area (Å²) in [6, 6.07) is 23.2. The molecule has 4 rings (SSSR count). The Labute approximate surface area is 200 Å². The van der Waals surface area contributed by atoms with Gasteiger partial charge >= 0.3 is 0 Å². The molecule has 3 aromatic carbocycles. The van der Waals surface area contributed by atoms with Crippen LogP contribution < -0.4 is 0 Å². The fourth-order valence-corrected chi connectivity index (χ4v) is 4.82. The fourth-order valence-electron chi connectivity index (χ4n) is 4.82. The van der Waals surface area contributed by atoms with Crippen LogP contribution in [0.15, 0.2) is 72.8 Å². The van der Waals surface area contributed by atoms with E-state index in [1.807, 2.05) is 86.6 Å². The maximum atomic E-state index is 12.0. The van der Waals surface area contributed by atoms with Gasteiger partial charge in [0.2, 0.25) is 0 Å². The largest absolute Gasteiger partial charge is 0.394 e.